The Bertz CT molecular complexity index is 601. The van der Waals surface area contributed by atoms with E-state index >= 15 is 0 Å². The zero-order valence-corrected chi connectivity index (χ0v) is 12.2. The molecule has 0 aliphatic rings. The molecule has 0 radical (unpaired) electrons. The Morgan fingerprint density at radius 1 is 1.14 bits per heavy atom. The number of halogens is 2. The van der Waals surface area contributed by atoms with Gasteiger partial charge in [0.05, 0.1) is 12.6 Å². The molecule has 0 heterocycles. The third-order valence-electron chi connectivity index (χ3n) is 3.12. The number of rotatable bonds is 6. The van der Waals surface area contributed by atoms with Crippen molar-refractivity contribution in [2.75, 3.05) is 11.9 Å². The van der Waals surface area contributed by atoms with Gasteiger partial charge in [0.2, 0.25) is 0 Å². The maximum atomic E-state index is 13.7. The Morgan fingerprint density at radius 3 is 2.67 bits per heavy atom. The lowest BCUT2D eigenvalue weighted by Gasteiger charge is -2.17. The molecule has 0 saturated heterocycles. The van der Waals surface area contributed by atoms with Crippen LogP contribution in [-0.4, -0.2) is 6.61 Å². The summed E-state index contributed by atoms with van der Waals surface area (Å²) in [6, 6.07) is 10.9. The monoisotopic (exact) mass is 291 g/mol. The largest absolute Gasteiger partial charge is 0.494 e. The van der Waals surface area contributed by atoms with Gasteiger partial charge < -0.3 is 10.1 Å². The zero-order chi connectivity index (χ0) is 15.2. The highest BCUT2D eigenvalue weighted by Gasteiger charge is 2.11. The molecule has 4 heteroatoms. The molecule has 0 bridgehead atoms. The van der Waals surface area contributed by atoms with Gasteiger partial charge >= 0.3 is 0 Å². The first-order valence-corrected chi connectivity index (χ1v) is 7.04. The molecule has 0 aromatic heterocycles. The number of hydrogen-bond acceptors (Lipinski definition) is 2. The van der Waals surface area contributed by atoms with Crippen LogP contribution in [0.4, 0.5) is 14.5 Å². The summed E-state index contributed by atoms with van der Waals surface area (Å²) in [5, 5.41) is 3.19. The number of nitrogens with one attached hydrogen (secondary N) is 1. The van der Waals surface area contributed by atoms with Gasteiger partial charge in [-0.25, -0.2) is 8.78 Å². The summed E-state index contributed by atoms with van der Waals surface area (Å²) in [7, 11) is 0. The Kier molecular flexibility index (Phi) is 5.14. The summed E-state index contributed by atoms with van der Waals surface area (Å²) in [4.78, 5) is 0. The molecular weight excluding hydrogens is 272 g/mol. The molecule has 2 rings (SSSR count). The maximum absolute atomic E-state index is 13.7. The molecule has 2 nitrogen and oxygen atoms in total. The van der Waals surface area contributed by atoms with Gasteiger partial charge in [-0.2, -0.15) is 0 Å². The van der Waals surface area contributed by atoms with Crippen LogP contribution < -0.4 is 10.1 Å². The van der Waals surface area contributed by atoms with Crippen molar-refractivity contribution in [2.45, 2.75) is 26.3 Å². The van der Waals surface area contributed by atoms with E-state index in [0.29, 0.717) is 12.2 Å². The van der Waals surface area contributed by atoms with Crippen molar-refractivity contribution < 1.29 is 13.5 Å². The van der Waals surface area contributed by atoms with E-state index < -0.39 is 11.6 Å². The van der Waals surface area contributed by atoms with Crippen LogP contribution in [0.5, 0.6) is 5.75 Å². The fourth-order valence-electron chi connectivity index (χ4n) is 2.08. The summed E-state index contributed by atoms with van der Waals surface area (Å²) in [6.45, 7) is 4.53. The van der Waals surface area contributed by atoms with Gasteiger partial charge in [-0.05, 0) is 31.5 Å². The Labute approximate surface area is 123 Å². The zero-order valence-electron chi connectivity index (χ0n) is 12.2. The first-order valence-electron chi connectivity index (χ1n) is 7.04. The second-order valence-electron chi connectivity index (χ2n) is 4.91. The predicted octanol–water partition coefficient (Wildman–Crippen LogP) is 4.93. The number of ether oxygens (including phenoxy) is 1. The third-order valence-corrected chi connectivity index (χ3v) is 3.12. The van der Waals surface area contributed by atoms with Gasteiger partial charge in [-0.15, -0.1) is 0 Å². The van der Waals surface area contributed by atoms with E-state index in [2.05, 4.69) is 5.32 Å². The third kappa shape index (κ3) is 4.18. The van der Waals surface area contributed by atoms with Crippen molar-refractivity contribution in [3.8, 4) is 5.75 Å². The van der Waals surface area contributed by atoms with Crippen LogP contribution in [0.25, 0.3) is 0 Å². The van der Waals surface area contributed by atoms with Crippen LogP contribution in [0.15, 0.2) is 42.5 Å². The fraction of sp³-hybridized carbons (Fsp3) is 0.294. The van der Waals surface area contributed by atoms with E-state index in [4.69, 9.17) is 4.74 Å². The first kappa shape index (κ1) is 15.3. The van der Waals surface area contributed by atoms with E-state index in [-0.39, 0.29) is 6.04 Å². The molecule has 112 valence electrons. The summed E-state index contributed by atoms with van der Waals surface area (Å²) in [6.07, 6.45) is 0.939. The minimum absolute atomic E-state index is 0.271. The highest BCUT2D eigenvalue weighted by Crippen LogP contribution is 2.24. The molecular formula is C17H19F2NO. The van der Waals surface area contributed by atoms with Crippen LogP contribution in [0.1, 0.15) is 31.9 Å². The molecule has 1 atom stereocenters. The Hall–Kier alpha value is -2.10. The van der Waals surface area contributed by atoms with Crippen molar-refractivity contribution in [3.63, 3.8) is 0 Å². The molecule has 0 spiro atoms. The van der Waals surface area contributed by atoms with Gasteiger partial charge in [0.15, 0.2) is 0 Å². The van der Waals surface area contributed by atoms with Crippen LogP contribution in [0.2, 0.25) is 0 Å². The molecule has 0 aliphatic heterocycles. The second-order valence-corrected chi connectivity index (χ2v) is 4.91. The number of benzene rings is 2. The van der Waals surface area contributed by atoms with Crippen molar-refractivity contribution in [1.82, 2.24) is 0 Å². The van der Waals surface area contributed by atoms with Gasteiger partial charge in [0, 0.05) is 23.4 Å². The van der Waals surface area contributed by atoms with Gasteiger partial charge in [-0.3, -0.25) is 0 Å². The minimum atomic E-state index is -0.571. The van der Waals surface area contributed by atoms with Crippen LogP contribution in [0, 0.1) is 11.6 Å². The highest BCUT2D eigenvalue weighted by molar-refractivity contribution is 5.49. The molecule has 0 fully saturated rings. The second kappa shape index (κ2) is 7.07. The average Bonchev–Trinajstić information content (AvgIpc) is 2.45. The predicted molar refractivity (Wildman–Crippen MR) is 80.6 cm³/mol. The van der Waals surface area contributed by atoms with E-state index in [1.54, 1.807) is 0 Å². The molecule has 1 N–H and O–H groups in total. The topological polar surface area (TPSA) is 21.3 Å². The van der Waals surface area contributed by atoms with Crippen molar-refractivity contribution >= 4 is 5.69 Å². The lowest BCUT2D eigenvalue weighted by atomic mass is 10.1. The van der Waals surface area contributed by atoms with E-state index in [1.807, 2.05) is 38.1 Å². The van der Waals surface area contributed by atoms with Crippen LogP contribution >= 0.6 is 0 Å². The van der Waals surface area contributed by atoms with Crippen LogP contribution in [-0.2, 0) is 0 Å². The molecule has 2 aromatic rings. The van der Waals surface area contributed by atoms with E-state index in [9.17, 15) is 8.78 Å². The van der Waals surface area contributed by atoms with Crippen molar-refractivity contribution in [1.29, 1.82) is 0 Å². The molecule has 21 heavy (non-hydrogen) atoms. The van der Waals surface area contributed by atoms with Gasteiger partial charge in [0.1, 0.15) is 17.4 Å². The number of hydrogen-bond donors (Lipinski definition) is 1. The Balaban J connectivity index is 2.10. The molecule has 0 saturated carbocycles. The van der Waals surface area contributed by atoms with Crippen molar-refractivity contribution in [3.05, 3.63) is 59.7 Å². The summed E-state index contributed by atoms with van der Waals surface area (Å²) >= 11 is 0. The average molecular weight is 291 g/mol. The molecule has 2 aromatic carbocycles. The van der Waals surface area contributed by atoms with Gasteiger partial charge in [0.25, 0.3) is 0 Å². The maximum Gasteiger partial charge on any atom is 0.131 e. The van der Waals surface area contributed by atoms with E-state index in [0.717, 1.165) is 23.9 Å². The van der Waals surface area contributed by atoms with Crippen LogP contribution in [0.3, 0.4) is 0 Å². The SMILES string of the molecule is CCCOc1cccc(NC(C)c2ccc(F)cc2F)c1. The summed E-state index contributed by atoms with van der Waals surface area (Å²) < 4.78 is 32.2. The standard InChI is InChI=1S/C17H19F2NO/c1-3-9-21-15-6-4-5-14(11-15)20-12(2)16-8-7-13(18)10-17(16)19/h4-8,10-12,20H,3,9H2,1-2H3. The molecule has 0 amide bonds. The molecule has 0 aliphatic carbocycles. The summed E-state index contributed by atoms with van der Waals surface area (Å²) in [5.41, 5.74) is 1.26. The first-order chi connectivity index (χ1) is 10.1. The van der Waals surface area contributed by atoms with E-state index in [1.165, 1.54) is 12.1 Å². The molecule has 1 unspecified atom stereocenters. The number of anilines is 1. The summed E-state index contributed by atoms with van der Waals surface area (Å²) in [5.74, 6) is -0.347. The van der Waals surface area contributed by atoms with Crippen molar-refractivity contribution in [2.24, 2.45) is 0 Å². The lowest BCUT2D eigenvalue weighted by molar-refractivity contribution is 0.317. The lowest BCUT2D eigenvalue weighted by Crippen LogP contribution is -2.09. The normalized spacial score (nSPS) is 12.0. The smallest absolute Gasteiger partial charge is 0.131 e. The minimum Gasteiger partial charge on any atom is -0.494 e. The highest BCUT2D eigenvalue weighted by atomic mass is 19.1. The quantitative estimate of drug-likeness (QED) is 0.815. The van der Waals surface area contributed by atoms with Gasteiger partial charge in [-0.1, -0.05) is 19.1 Å². The Morgan fingerprint density at radius 2 is 1.95 bits per heavy atom. The fourth-order valence-corrected chi connectivity index (χ4v) is 2.08.